The van der Waals surface area contributed by atoms with Gasteiger partial charge in [0, 0.05) is 38.4 Å². The van der Waals surface area contributed by atoms with E-state index in [1.807, 2.05) is 18.2 Å². The zero-order valence-corrected chi connectivity index (χ0v) is 14.7. The summed E-state index contributed by atoms with van der Waals surface area (Å²) >= 11 is 0. The fourth-order valence-electron chi connectivity index (χ4n) is 2.28. The largest absolute Gasteiger partial charge is 0.493 e. The molecule has 0 fully saturated rings. The Labute approximate surface area is 151 Å². The molecule has 0 aliphatic rings. The fourth-order valence-corrected chi connectivity index (χ4v) is 2.28. The lowest BCUT2D eigenvalue weighted by Gasteiger charge is -2.14. The number of hydrogen-bond acceptors (Lipinski definition) is 4. The van der Waals surface area contributed by atoms with E-state index in [2.05, 4.69) is 25.3 Å². The van der Waals surface area contributed by atoms with Gasteiger partial charge in [0.25, 0.3) is 0 Å². The third-order valence-electron chi connectivity index (χ3n) is 3.53. The quantitative estimate of drug-likeness (QED) is 0.557. The molecule has 1 aromatic heterocycles. The molecule has 0 saturated carbocycles. The van der Waals surface area contributed by atoms with Gasteiger partial charge in [0.05, 0.1) is 7.11 Å². The molecule has 0 amide bonds. The average molecular weight is 364 g/mol. The van der Waals surface area contributed by atoms with Crippen LogP contribution in [0.1, 0.15) is 11.3 Å². The van der Waals surface area contributed by atoms with E-state index >= 15 is 0 Å². The summed E-state index contributed by atoms with van der Waals surface area (Å²) in [6.45, 7) is -1.85. The van der Waals surface area contributed by atoms with Crippen LogP contribution in [0.15, 0.2) is 47.6 Å². The van der Waals surface area contributed by atoms with Gasteiger partial charge in [0.15, 0.2) is 17.5 Å². The minimum atomic E-state index is -2.91. The number of aliphatic imine (C=N–C) groups is 1. The summed E-state index contributed by atoms with van der Waals surface area (Å²) in [4.78, 5) is 8.39. The molecule has 0 radical (unpaired) electrons. The molecule has 0 bridgehead atoms. The third-order valence-corrected chi connectivity index (χ3v) is 3.53. The Kier molecular flexibility index (Phi) is 7.60. The zero-order valence-electron chi connectivity index (χ0n) is 14.7. The number of rotatable bonds is 8. The van der Waals surface area contributed by atoms with E-state index in [4.69, 9.17) is 4.74 Å². The van der Waals surface area contributed by atoms with Crippen molar-refractivity contribution in [2.75, 3.05) is 20.7 Å². The monoisotopic (exact) mass is 364 g/mol. The van der Waals surface area contributed by atoms with E-state index in [9.17, 15) is 8.78 Å². The van der Waals surface area contributed by atoms with E-state index < -0.39 is 6.61 Å². The Bertz CT molecular complexity index is 712. The molecule has 8 heteroatoms. The third kappa shape index (κ3) is 6.19. The maximum absolute atomic E-state index is 12.5. The summed E-state index contributed by atoms with van der Waals surface area (Å²) in [5.41, 5.74) is 1.74. The highest BCUT2D eigenvalue weighted by atomic mass is 19.3. The number of nitrogens with one attached hydrogen (secondary N) is 2. The Hall–Kier alpha value is -2.90. The van der Waals surface area contributed by atoms with Crippen LogP contribution in [0.4, 0.5) is 8.78 Å². The first-order valence-corrected chi connectivity index (χ1v) is 8.08. The molecule has 6 nitrogen and oxygen atoms in total. The van der Waals surface area contributed by atoms with Gasteiger partial charge in [-0.1, -0.05) is 12.1 Å². The molecule has 2 N–H and O–H groups in total. The molecular weight excluding hydrogens is 342 g/mol. The van der Waals surface area contributed by atoms with E-state index in [0.717, 1.165) is 17.7 Å². The standard InChI is InChI=1S/C18H22F2N4O2/c1-21-18(23-10-8-14-5-3-4-9-22-14)24-12-13-6-7-15(25-2)16(11-13)26-17(19)20/h3-7,9,11,17H,8,10,12H2,1-2H3,(H2,21,23,24). The van der Waals surface area contributed by atoms with Gasteiger partial charge in [-0.25, -0.2) is 0 Å². The molecule has 0 spiro atoms. The van der Waals surface area contributed by atoms with Crippen molar-refractivity contribution in [1.29, 1.82) is 0 Å². The van der Waals surface area contributed by atoms with Crippen molar-refractivity contribution < 1.29 is 18.3 Å². The lowest BCUT2D eigenvalue weighted by Crippen LogP contribution is -2.37. The Morgan fingerprint density at radius 1 is 1.19 bits per heavy atom. The highest BCUT2D eigenvalue weighted by Gasteiger charge is 2.11. The maximum Gasteiger partial charge on any atom is 0.387 e. The summed E-state index contributed by atoms with van der Waals surface area (Å²) in [7, 11) is 3.06. The second-order valence-electron chi connectivity index (χ2n) is 5.29. The molecule has 0 atom stereocenters. The lowest BCUT2D eigenvalue weighted by atomic mass is 10.2. The van der Waals surface area contributed by atoms with E-state index in [-0.39, 0.29) is 11.5 Å². The topological polar surface area (TPSA) is 67.8 Å². The predicted molar refractivity (Wildman–Crippen MR) is 95.8 cm³/mol. The molecule has 2 rings (SSSR count). The summed E-state index contributed by atoms with van der Waals surface area (Å²) in [6, 6.07) is 10.6. The minimum Gasteiger partial charge on any atom is -0.493 e. The van der Waals surface area contributed by atoms with E-state index in [1.54, 1.807) is 25.4 Å². The number of alkyl halides is 2. The van der Waals surface area contributed by atoms with Gasteiger partial charge in [-0.3, -0.25) is 9.98 Å². The van der Waals surface area contributed by atoms with E-state index in [1.165, 1.54) is 13.2 Å². The first kappa shape index (κ1) is 19.4. The number of benzene rings is 1. The molecule has 0 aliphatic carbocycles. The Balaban J connectivity index is 1.87. The highest BCUT2D eigenvalue weighted by Crippen LogP contribution is 2.29. The number of nitrogens with zero attached hydrogens (tertiary/aromatic N) is 2. The van der Waals surface area contributed by atoms with Crippen molar-refractivity contribution in [3.8, 4) is 11.5 Å². The molecule has 26 heavy (non-hydrogen) atoms. The summed E-state index contributed by atoms with van der Waals surface area (Å²) in [5, 5.41) is 6.31. The van der Waals surface area contributed by atoms with Crippen LogP contribution < -0.4 is 20.1 Å². The summed E-state index contributed by atoms with van der Waals surface area (Å²) in [6.07, 6.45) is 2.52. The van der Waals surface area contributed by atoms with Gasteiger partial charge in [-0.2, -0.15) is 8.78 Å². The number of pyridine rings is 1. The second-order valence-corrected chi connectivity index (χ2v) is 5.29. The SMILES string of the molecule is CN=C(NCCc1ccccn1)NCc1ccc(OC)c(OC(F)F)c1. The molecule has 0 saturated heterocycles. The number of aromatic nitrogens is 1. The van der Waals surface area contributed by atoms with Crippen LogP contribution in [0, 0.1) is 0 Å². The molecule has 1 aromatic carbocycles. The predicted octanol–water partition coefficient (Wildman–Crippen LogP) is 2.60. The van der Waals surface area contributed by atoms with Crippen molar-refractivity contribution in [3.63, 3.8) is 0 Å². The average Bonchev–Trinajstić information content (AvgIpc) is 2.65. The number of ether oxygens (including phenoxy) is 2. The van der Waals surface area contributed by atoms with Crippen LogP contribution in [0.5, 0.6) is 11.5 Å². The van der Waals surface area contributed by atoms with Crippen LogP contribution in [-0.4, -0.2) is 38.3 Å². The van der Waals surface area contributed by atoms with Gasteiger partial charge in [0.1, 0.15) is 0 Å². The fraction of sp³-hybridized carbons (Fsp3) is 0.333. The molecule has 2 aromatic rings. The first-order chi connectivity index (χ1) is 12.6. The van der Waals surface area contributed by atoms with Crippen LogP contribution in [-0.2, 0) is 13.0 Å². The van der Waals surface area contributed by atoms with Crippen molar-refractivity contribution in [3.05, 3.63) is 53.9 Å². The van der Waals surface area contributed by atoms with Gasteiger partial charge in [0.2, 0.25) is 0 Å². The van der Waals surface area contributed by atoms with Crippen molar-refractivity contribution in [2.24, 2.45) is 4.99 Å². The minimum absolute atomic E-state index is 0.0000941. The number of halogens is 2. The number of hydrogen-bond donors (Lipinski definition) is 2. The lowest BCUT2D eigenvalue weighted by molar-refractivity contribution is -0.0512. The van der Waals surface area contributed by atoms with Crippen molar-refractivity contribution in [2.45, 2.75) is 19.6 Å². The number of methoxy groups -OCH3 is 1. The Morgan fingerprint density at radius 3 is 2.69 bits per heavy atom. The van der Waals surface area contributed by atoms with Gasteiger partial charge < -0.3 is 20.1 Å². The van der Waals surface area contributed by atoms with Crippen LogP contribution in [0.25, 0.3) is 0 Å². The molecular formula is C18H22F2N4O2. The second kappa shape index (κ2) is 10.2. The maximum atomic E-state index is 12.5. The molecule has 0 unspecified atom stereocenters. The normalized spacial score (nSPS) is 11.3. The summed E-state index contributed by atoms with van der Waals surface area (Å²) in [5.74, 6) is 0.861. The summed E-state index contributed by atoms with van der Waals surface area (Å²) < 4.78 is 34.5. The van der Waals surface area contributed by atoms with Crippen LogP contribution >= 0.6 is 0 Å². The Morgan fingerprint density at radius 2 is 2.04 bits per heavy atom. The first-order valence-electron chi connectivity index (χ1n) is 8.08. The number of guanidine groups is 1. The van der Waals surface area contributed by atoms with Gasteiger partial charge in [-0.15, -0.1) is 0 Å². The van der Waals surface area contributed by atoms with Gasteiger partial charge >= 0.3 is 6.61 Å². The van der Waals surface area contributed by atoms with Crippen LogP contribution in [0.2, 0.25) is 0 Å². The highest BCUT2D eigenvalue weighted by molar-refractivity contribution is 5.79. The molecule has 1 heterocycles. The molecule has 0 aliphatic heterocycles. The molecule has 140 valence electrons. The van der Waals surface area contributed by atoms with E-state index in [0.29, 0.717) is 19.0 Å². The van der Waals surface area contributed by atoms with Crippen LogP contribution in [0.3, 0.4) is 0 Å². The van der Waals surface area contributed by atoms with Gasteiger partial charge in [-0.05, 0) is 29.8 Å². The smallest absolute Gasteiger partial charge is 0.387 e. The zero-order chi connectivity index (χ0) is 18.8. The van der Waals surface area contributed by atoms with Crippen molar-refractivity contribution >= 4 is 5.96 Å². The van der Waals surface area contributed by atoms with Crippen molar-refractivity contribution in [1.82, 2.24) is 15.6 Å².